The van der Waals surface area contributed by atoms with Crippen molar-refractivity contribution in [1.82, 2.24) is 19.9 Å². The van der Waals surface area contributed by atoms with Gasteiger partial charge < -0.3 is 20.1 Å². The maximum absolute atomic E-state index is 13.5. The molecule has 8 nitrogen and oxygen atoms in total. The molecule has 1 aliphatic rings. The number of halogens is 3. The summed E-state index contributed by atoms with van der Waals surface area (Å²) in [5, 5.41) is 15.3. The van der Waals surface area contributed by atoms with Crippen molar-refractivity contribution in [3.05, 3.63) is 58.5 Å². The Kier molecular flexibility index (Phi) is 7.50. The average Bonchev–Trinajstić information content (AvgIpc) is 2.82. The Hall–Kier alpha value is -3.47. The predicted octanol–water partition coefficient (Wildman–Crippen LogP) is 6.05. The quantitative estimate of drug-likeness (QED) is 0.412. The number of rotatable bonds is 4. The van der Waals surface area contributed by atoms with Gasteiger partial charge in [-0.15, -0.1) is 0 Å². The van der Waals surface area contributed by atoms with Crippen molar-refractivity contribution < 1.29 is 27.8 Å². The number of anilines is 1. The third kappa shape index (κ3) is 6.24. The Bertz CT molecular complexity index is 1380. The lowest BCUT2D eigenvalue weighted by Gasteiger charge is -2.38. The highest BCUT2D eigenvalue weighted by Gasteiger charge is 2.37. The van der Waals surface area contributed by atoms with E-state index >= 15 is 0 Å². The molecule has 210 valence electrons. The number of piperidine rings is 1. The number of nitrogens with zero attached hydrogens (tertiary/aromatic N) is 4. The van der Waals surface area contributed by atoms with Crippen LogP contribution in [0, 0.1) is 13.8 Å². The molecule has 1 aliphatic heterocycles. The fourth-order valence-corrected chi connectivity index (χ4v) is 4.87. The van der Waals surface area contributed by atoms with Crippen LogP contribution in [0.2, 0.25) is 0 Å². The van der Waals surface area contributed by atoms with E-state index in [4.69, 9.17) is 4.74 Å². The third-order valence-electron chi connectivity index (χ3n) is 6.94. The van der Waals surface area contributed by atoms with E-state index in [2.05, 4.69) is 20.3 Å². The van der Waals surface area contributed by atoms with E-state index in [-0.39, 0.29) is 18.4 Å². The molecule has 1 fully saturated rings. The lowest BCUT2D eigenvalue weighted by molar-refractivity contribution is -0.138. The lowest BCUT2D eigenvalue weighted by Crippen LogP contribution is -2.46. The summed E-state index contributed by atoms with van der Waals surface area (Å²) >= 11 is 0. The van der Waals surface area contributed by atoms with Crippen LogP contribution in [0.1, 0.15) is 74.7 Å². The van der Waals surface area contributed by atoms with Gasteiger partial charge in [0.2, 0.25) is 0 Å². The Balaban J connectivity index is 1.61. The summed E-state index contributed by atoms with van der Waals surface area (Å²) in [6.45, 7) is 11.0. The smallest absolute Gasteiger partial charge is 0.416 e. The first kappa shape index (κ1) is 28.5. The molecule has 0 aliphatic carbocycles. The Labute approximate surface area is 225 Å². The number of carbonyl (C=O) groups is 1. The zero-order chi connectivity index (χ0) is 28.8. The van der Waals surface area contributed by atoms with Crippen molar-refractivity contribution in [1.29, 1.82) is 0 Å². The molecule has 0 saturated carbocycles. The van der Waals surface area contributed by atoms with E-state index in [1.807, 2.05) is 0 Å². The first-order valence-corrected chi connectivity index (χ1v) is 12.9. The molecular formula is C28H34F3N5O3. The number of likely N-dealkylation sites (tertiary alicyclic amines) is 1. The fraction of sp³-hybridized carbons (Fsp3) is 0.500. The van der Waals surface area contributed by atoms with Crippen LogP contribution in [0.5, 0.6) is 0 Å². The van der Waals surface area contributed by atoms with Gasteiger partial charge in [0.05, 0.1) is 22.6 Å². The van der Waals surface area contributed by atoms with Crippen molar-refractivity contribution >= 4 is 22.9 Å². The number of hydrogen-bond acceptors (Lipinski definition) is 7. The molecule has 0 bridgehead atoms. The summed E-state index contributed by atoms with van der Waals surface area (Å²) in [6, 6.07) is 5.38. The number of alkyl halides is 3. The molecule has 2 aromatic heterocycles. The number of amides is 1. The molecule has 0 spiro atoms. The minimum atomic E-state index is -4.45. The molecule has 1 atom stereocenters. The number of aromatic nitrogens is 3. The Morgan fingerprint density at radius 3 is 2.44 bits per heavy atom. The van der Waals surface area contributed by atoms with E-state index in [0.717, 1.165) is 6.07 Å². The van der Waals surface area contributed by atoms with Gasteiger partial charge in [0.15, 0.2) is 5.65 Å². The van der Waals surface area contributed by atoms with Gasteiger partial charge in [-0.2, -0.15) is 13.2 Å². The fourth-order valence-electron chi connectivity index (χ4n) is 4.87. The molecular weight excluding hydrogens is 511 g/mol. The summed E-state index contributed by atoms with van der Waals surface area (Å²) in [4.78, 5) is 27.4. The summed E-state index contributed by atoms with van der Waals surface area (Å²) in [5.74, 6) is 0.855. The summed E-state index contributed by atoms with van der Waals surface area (Å²) in [6.07, 6.45) is -2.73. The molecule has 3 heterocycles. The van der Waals surface area contributed by atoms with Gasteiger partial charge in [-0.1, -0.05) is 12.1 Å². The lowest BCUT2D eigenvalue weighted by atomic mass is 9.85. The number of nitrogens with one attached hydrogen (secondary N) is 1. The Morgan fingerprint density at radius 1 is 1.15 bits per heavy atom. The first-order chi connectivity index (χ1) is 18.1. The zero-order valence-electron chi connectivity index (χ0n) is 23.0. The number of aryl methyl sites for hydroxylation is 1. The predicted molar refractivity (Wildman–Crippen MR) is 141 cm³/mol. The molecule has 1 unspecified atom stereocenters. The largest absolute Gasteiger partial charge is 0.444 e. The molecule has 1 amide bonds. The van der Waals surface area contributed by atoms with E-state index in [1.165, 1.54) is 13.0 Å². The number of carbonyl (C=O) groups excluding carboxylic acids is 1. The number of hydrogen-bond donors (Lipinski definition) is 2. The maximum Gasteiger partial charge on any atom is 0.416 e. The second-order valence-corrected chi connectivity index (χ2v) is 11.1. The standard InChI is InChI=1S/C28H34F3N5O3/c1-16-20(8-7-9-22(16)28(29,30)31)17(2)33-24-21-14-19(15-32-23(21)34-18(3)35-24)27(38)10-12-36(13-11-27)25(37)39-26(4,5)6/h7-9,14-15,17,38H,10-13H2,1-6H3,(H,32,33,34,35). The minimum absolute atomic E-state index is 0.143. The number of fused-ring (bicyclic) bond motifs is 1. The van der Waals surface area contributed by atoms with Crippen molar-refractivity contribution in [3.8, 4) is 0 Å². The molecule has 3 aromatic rings. The zero-order valence-corrected chi connectivity index (χ0v) is 23.0. The number of benzene rings is 1. The summed E-state index contributed by atoms with van der Waals surface area (Å²) in [5.41, 5.74) is -0.935. The summed E-state index contributed by atoms with van der Waals surface area (Å²) in [7, 11) is 0. The molecule has 39 heavy (non-hydrogen) atoms. The number of ether oxygens (including phenoxy) is 1. The van der Waals surface area contributed by atoms with E-state index in [1.54, 1.807) is 57.8 Å². The van der Waals surface area contributed by atoms with Gasteiger partial charge in [-0.05, 0) is 77.6 Å². The molecule has 4 rings (SSSR count). The highest BCUT2D eigenvalue weighted by Crippen LogP contribution is 2.37. The normalized spacial score (nSPS) is 16.7. The van der Waals surface area contributed by atoms with Gasteiger partial charge in [-0.25, -0.2) is 19.7 Å². The van der Waals surface area contributed by atoms with E-state index in [0.29, 0.717) is 46.9 Å². The van der Waals surface area contributed by atoms with Crippen molar-refractivity contribution in [2.24, 2.45) is 0 Å². The van der Waals surface area contributed by atoms with Crippen LogP contribution in [0.25, 0.3) is 11.0 Å². The van der Waals surface area contributed by atoms with Crippen LogP contribution in [0.3, 0.4) is 0 Å². The maximum atomic E-state index is 13.5. The highest BCUT2D eigenvalue weighted by molar-refractivity contribution is 5.87. The van der Waals surface area contributed by atoms with Crippen LogP contribution in [-0.2, 0) is 16.5 Å². The van der Waals surface area contributed by atoms with Gasteiger partial charge in [0.25, 0.3) is 0 Å². The van der Waals surface area contributed by atoms with Gasteiger partial charge in [-0.3, -0.25) is 0 Å². The van der Waals surface area contributed by atoms with Crippen LogP contribution in [0.15, 0.2) is 30.5 Å². The van der Waals surface area contributed by atoms with Crippen molar-refractivity contribution in [3.63, 3.8) is 0 Å². The monoisotopic (exact) mass is 545 g/mol. The van der Waals surface area contributed by atoms with Crippen LogP contribution in [-0.4, -0.2) is 49.7 Å². The molecule has 1 saturated heterocycles. The molecule has 11 heteroatoms. The van der Waals surface area contributed by atoms with E-state index in [9.17, 15) is 23.1 Å². The topological polar surface area (TPSA) is 100 Å². The average molecular weight is 546 g/mol. The van der Waals surface area contributed by atoms with Gasteiger partial charge in [0, 0.05) is 24.8 Å². The second kappa shape index (κ2) is 10.3. The van der Waals surface area contributed by atoms with Crippen molar-refractivity contribution in [2.45, 2.75) is 77.8 Å². The highest BCUT2D eigenvalue weighted by atomic mass is 19.4. The van der Waals surface area contributed by atoms with Crippen molar-refractivity contribution in [2.75, 3.05) is 18.4 Å². The van der Waals surface area contributed by atoms with Crippen LogP contribution < -0.4 is 5.32 Å². The molecule has 0 radical (unpaired) electrons. The SMILES string of the molecule is Cc1nc(NC(C)c2cccc(C(F)(F)F)c2C)c2cc(C3(O)CCN(C(=O)OC(C)(C)C)CC3)cnc2n1. The number of aliphatic hydroxyl groups is 1. The van der Waals surface area contributed by atoms with Crippen LogP contribution in [0.4, 0.5) is 23.8 Å². The van der Waals surface area contributed by atoms with Crippen LogP contribution >= 0.6 is 0 Å². The van der Waals surface area contributed by atoms with Gasteiger partial charge in [0.1, 0.15) is 17.2 Å². The molecule has 1 aromatic carbocycles. The second-order valence-electron chi connectivity index (χ2n) is 11.1. The summed E-state index contributed by atoms with van der Waals surface area (Å²) < 4.78 is 45.9. The van der Waals surface area contributed by atoms with E-state index < -0.39 is 35.1 Å². The third-order valence-corrected chi connectivity index (χ3v) is 6.94. The minimum Gasteiger partial charge on any atom is -0.444 e. The Morgan fingerprint density at radius 2 is 1.82 bits per heavy atom. The molecule has 2 N–H and O–H groups in total. The van der Waals surface area contributed by atoms with Gasteiger partial charge >= 0.3 is 12.3 Å². The number of pyridine rings is 1. The first-order valence-electron chi connectivity index (χ1n) is 12.9.